The van der Waals surface area contributed by atoms with Crippen LogP contribution in [0.2, 0.25) is 0 Å². The van der Waals surface area contributed by atoms with Crippen LogP contribution in [0.4, 0.5) is 0 Å². The fourth-order valence-corrected chi connectivity index (χ4v) is 8.23. The van der Waals surface area contributed by atoms with Crippen molar-refractivity contribution in [3.05, 3.63) is 194 Å². The number of nitrogens with zero attached hydrogens (tertiary/aromatic N) is 4. The monoisotopic (exact) mass is 688 g/mol. The van der Waals surface area contributed by atoms with Gasteiger partial charge in [-0.1, -0.05) is 121 Å². The van der Waals surface area contributed by atoms with Crippen LogP contribution in [0.25, 0.3) is 99.5 Å². The first kappa shape index (κ1) is 30.3. The maximum atomic E-state index is 5.33. The van der Waals surface area contributed by atoms with Crippen molar-refractivity contribution in [2.75, 3.05) is 0 Å². The van der Waals surface area contributed by atoms with Gasteiger partial charge in [0.25, 0.3) is 0 Å². The minimum absolute atomic E-state index is 0.706. The molecule has 0 amide bonds. The first-order valence-electron chi connectivity index (χ1n) is 18.3. The summed E-state index contributed by atoms with van der Waals surface area (Å²) in [6.07, 6.45) is 2.17. The Labute approximate surface area is 311 Å². The lowest BCUT2D eigenvalue weighted by Crippen LogP contribution is -1.97. The van der Waals surface area contributed by atoms with E-state index in [1.807, 2.05) is 0 Å². The molecule has 54 heavy (non-hydrogen) atoms. The zero-order chi connectivity index (χ0) is 35.6. The largest absolute Gasteiger partial charge is 0.317 e. The van der Waals surface area contributed by atoms with Crippen molar-refractivity contribution in [2.45, 2.75) is 0 Å². The molecule has 0 aliphatic carbocycles. The fraction of sp³-hybridized carbons (Fsp3) is 0. The predicted octanol–water partition coefficient (Wildman–Crippen LogP) is 12.8. The van der Waals surface area contributed by atoms with Gasteiger partial charge in [0.05, 0.1) is 27.8 Å². The lowest BCUT2D eigenvalue weighted by molar-refractivity contribution is 1.13. The van der Waals surface area contributed by atoms with E-state index >= 15 is 0 Å². The van der Waals surface area contributed by atoms with Gasteiger partial charge in [-0.3, -0.25) is 0 Å². The Balaban J connectivity index is 1.05. The van der Waals surface area contributed by atoms with Gasteiger partial charge in [0.15, 0.2) is 5.82 Å². The molecule has 0 saturated heterocycles. The highest BCUT2D eigenvalue weighted by Gasteiger charge is 2.18. The zero-order valence-electron chi connectivity index (χ0n) is 29.3. The van der Waals surface area contributed by atoms with Crippen LogP contribution >= 0.6 is 0 Å². The fourth-order valence-electron chi connectivity index (χ4n) is 8.23. The van der Waals surface area contributed by atoms with E-state index in [2.05, 4.69) is 203 Å². The number of hydrogen-bond donors (Lipinski definition) is 0. The lowest BCUT2D eigenvalue weighted by Gasteiger charge is -2.14. The summed E-state index contributed by atoms with van der Waals surface area (Å²) in [7, 11) is 0. The topological polar surface area (TPSA) is 35.6 Å². The van der Waals surface area contributed by atoms with Crippen LogP contribution in [0.3, 0.4) is 0 Å². The third kappa shape index (κ3) is 4.78. The van der Waals surface area contributed by atoms with E-state index in [-0.39, 0.29) is 0 Å². The van der Waals surface area contributed by atoms with Gasteiger partial charge in [0.2, 0.25) is 0 Å². The highest BCUT2D eigenvalue weighted by atomic mass is 15.0. The first-order chi connectivity index (χ1) is 26.8. The van der Waals surface area contributed by atoms with Crippen LogP contribution in [-0.4, -0.2) is 19.1 Å². The summed E-state index contributed by atoms with van der Waals surface area (Å²) >= 11 is 0. The van der Waals surface area contributed by atoms with Gasteiger partial charge in [0, 0.05) is 50.2 Å². The smallest absolute Gasteiger partial charge is 0.160 e. The molecule has 0 radical (unpaired) electrons. The molecule has 0 unspecified atom stereocenters. The lowest BCUT2D eigenvalue weighted by atomic mass is 9.93. The molecule has 252 valence electrons. The summed E-state index contributed by atoms with van der Waals surface area (Å²) in [6.45, 7) is 0. The third-order valence-corrected chi connectivity index (χ3v) is 10.8. The molecule has 0 spiro atoms. The summed E-state index contributed by atoms with van der Waals surface area (Å²) in [5.41, 5.74) is 12.1. The van der Waals surface area contributed by atoms with Crippen LogP contribution < -0.4 is 0 Å². The van der Waals surface area contributed by atoms with Gasteiger partial charge in [-0.2, -0.15) is 0 Å². The maximum Gasteiger partial charge on any atom is 0.160 e. The van der Waals surface area contributed by atoms with Crippen molar-refractivity contribution >= 4 is 54.4 Å². The highest BCUT2D eigenvalue weighted by molar-refractivity contribution is 6.13. The molecule has 11 rings (SSSR count). The molecule has 0 aliphatic heterocycles. The van der Waals surface area contributed by atoms with Gasteiger partial charge >= 0.3 is 0 Å². The summed E-state index contributed by atoms with van der Waals surface area (Å²) in [6, 6.07) is 66.8. The summed E-state index contributed by atoms with van der Waals surface area (Å²) in [4.78, 5) is 10.4. The molecule has 0 atom stereocenters. The van der Waals surface area contributed by atoms with E-state index < -0.39 is 0 Å². The van der Waals surface area contributed by atoms with Crippen LogP contribution in [0, 0.1) is 0 Å². The highest BCUT2D eigenvalue weighted by Crippen LogP contribution is 2.39. The van der Waals surface area contributed by atoms with Crippen molar-refractivity contribution in [2.24, 2.45) is 0 Å². The number of fused-ring (bicyclic) bond motifs is 6. The van der Waals surface area contributed by atoms with Crippen LogP contribution in [0.1, 0.15) is 0 Å². The Kier molecular flexibility index (Phi) is 6.82. The van der Waals surface area contributed by atoms with Crippen molar-refractivity contribution < 1.29 is 0 Å². The second-order valence-electron chi connectivity index (χ2n) is 13.8. The van der Waals surface area contributed by atoms with E-state index in [1.165, 1.54) is 54.6 Å². The number of rotatable bonds is 5. The molecule has 0 fully saturated rings. The van der Waals surface area contributed by atoms with Crippen molar-refractivity contribution in [1.29, 1.82) is 0 Å². The van der Waals surface area contributed by atoms with E-state index in [0.29, 0.717) is 5.82 Å². The minimum Gasteiger partial charge on any atom is -0.317 e. The number of aromatic nitrogens is 4. The molecule has 0 aliphatic rings. The average Bonchev–Trinajstić information content (AvgIpc) is 3.81. The number of hydrogen-bond acceptors (Lipinski definition) is 2. The molecule has 0 saturated carbocycles. The standard InChI is InChI=1S/C50H32N4/c1-3-13-33(14-4-1)38-27-28-42(40-18-8-7-17-39(38)40)49-43-20-9-11-21-45(43)51-50(52-49)34-23-25-37(26-24-34)54-46-22-12-10-19-41(46)44-32-47-35(31-48(44)54)29-30-53(47)36-15-5-2-6-16-36/h1-32H. The average molecular weight is 689 g/mol. The quantitative estimate of drug-likeness (QED) is 0.180. The normalized spacial score (nSPS) is 11.7. The van der Waals surface area contributed by atoms with E-state index in [4.69, 9.17) is 9.97 Å². The third-order valence-electron chi connectivity index (χ3n) is 10.8. The van der Waals surface area contributed by atoms with Crippen LogP contribution in [0.15, 0.2) is 194 Å². The Morgan fingerprint density at radius 2 is 1.02 bits per heavy atom. The molecule has 3 aromatic heterocycles. The molecule has 11 aromatic rings. The van der Waals surface area contributed by atoms with E-state index in [0.717, 1.165) is 39.1 Å². The number of para-hydroxylation sites is 3. The molecule has 4 heteroatoms. The molecule has 4 nitrogen and oxygen atoms in total. The number of benzene rings is 8. The van der Waals surface area contributed by atoms with Gasteiger partial charge in [-0.25, -0.2) is 9.97 Å². The minimum atomic E-state index is 0.706. The molecular weight excluding hydrogens is 657 g/mol. The molecule has 8 aromatic carbocycles. The Morgan fingerprint density at radius 1 is 0.370 bits per heavy atom. The molecule has 3 heterocycles. The van der Waals surface area contributed by atoms with Crippen molar-refractivity contribution in [1.82, 2.24) is 19.1 Å². The van der Waals surface area contributed by atoms with Gasteiger partial charge in [-0.15, -0.1) is 0 Å². The van der Waals surface area contributed by atoms with Gasteiger partial charge in [0.1, 0.15) is 0 Å². The Morgan fingerprint density at radius 3 is 1.81 bits per heavy atom. The van der Waals surface area contributed by atoms with Gasteiger partial charge in [-0.05, 0) is 88.6 Å². The molecular formula is C50H32N4. The maximum absolute atomic E-state index is 5.33. The van der Waals surface area contributed by atoms with Crippen LogP contribution in [0.5, 0.6) is 0 Å². The summed E-state index contributed by atoms with van der Waals surface area (Å²) in [5, 5.41) is 7.07. The zero-order valence-corrected chi connectivity index (χ0v) is 29.3. The van der Waals surface area contributed by atoms with Gasteiger partial charge < -0.3 is 9.13 Å². The van der Waals surface area contributed by atoms with E-state index in [1.54, 1.807) is 0 Å². The van der Waals surface area contributed by atoms with Crippen molar-refractivity contribution in [3.8, 4) is 45.1 Å². The molecule has 0 N–H and O–H groups in total. The summed E-state index contributed by atoms with van der Waals surface area (Å²) in [5.74, 6) is 0.706. The predicted molar refractivity (Wildman–Crippen MR) is 225 cm³/mol. The molecule has 0 bridgehead atoms. The SMILES string of the molecule is c1ccc(-c2ccc(-c3nc(-c4ccc(-n5c6ccccc6c6cc7c(ccn7-c7ccccc7)cc65)cc4)nc4ccccc34)c3ccccc23)cc1. The Hall–Kier alpha value is -7.30. The van der Waals surface area contributed by atoms with Crippen LogP contribution in [-0.2, 0) is 0 Å². The Bertz CT molecular complexity index is 3190. The first-order valence-corrected chi connectivity index (χ1v) is 18.3. The van der Waals surface area contributed by atoms with E-state index in [9.17, 15) is 0 Å². The summed E-state index contributed by atoms with van der Waals surface area (Å²) < 4.78 is 4.65. The van der Waals surface area contributed by atoms with Crippen molar-refractivity contribution in [3.63, 3.8) is 0 Å². The second kappa shape index (κ2) is 12.1. The second-order valence-corrected chi connectivity index (χ2v) is 13.8.